The topological polar surface area (TPSA) is 110 Å². The number of nitriles is 1. The Morgan fingerprint density at radius 3 is 2.20 bits per heavy atom. The van der Waals surface area contributed by atoms with Crippen LogP contribution in [-0.4, -0.2) is 23.2 Å². The molecule has 30 heavy (non-hydrogen) atoms. The smallest absolute Gasteiger partial charge is 0.261 e. The van der Waals surface area contributed by atoms with Gasteiger partial charge in [0.25, 0.3) is 10.0 Å². The Morgan fingerprint density at radius 2 is 1.60 bits per heavy atom. The molecule has 0 bridgehead atoms. The van der Waals surface area contributed by atoms with E-state index in [2.05, 4.69) is 14.9 Å². The van der Waals surface area contributed by atoms with Gasteiger partial charge in [-0.15, -0.1) is 10.2 Å². The van der Waals surface area contributed by atoms with Crippen LogP contribution in [0.2, 0.25) is 0 Å². The molecule has 0 saturated carbocycles. The zero-order valence-electron chi connectivity index (χ0n) is 15.5. The lowest BCUT2D eigenvalue weighted by molar-refractivity contribution is 0.454. The Hall–Kier alpha value is -4.16. The molecule has 0 unspecified atom stereocenters. The van der Waals surface area contributed by atoms with Gasteiger partial charge in [-0.05, 0) is 66.7 Å². The van der Waals surface area contributed by atoms with Gasteiger partial charge in [0, 0.05) is 24.1 Å². The zero-order valence-corrected chi connectivity index (χ0v) is 16.3. The number of nitrogens with one attached hydrogen (secondary N) is 1. The van der Waals surface area contributed by atoms with E-state index in [1.165, 1.54) is 24.3 Å². The second-order valence-corrected chi connectivity index (χ2v) is 7.87. The molecule has 0 aliphatic carbocycles. The third-order valence-corrected chi connectivity index (χ3v) is 5.51. The second-order valence-electron chi connectivity index (χ2n) is 6.19. The van der Waals surface area contributed by atoms with Crippen LogP contribution in [0, 0.1) is 11.3 Å². The number of ether oxygens (including phenoxy) is 1. The molecule has 0 spiro atoms. The minimum absolute atomic E-state index is 0.0693. The number of aromatic nitrogens is 3. The van der Waals surface area contributed by atoms with E-state index in [0.29, 0.717) is 28.7 Å². The van der Waals surface area contributed by atoms with Crippen molar-refractivity contribution in [3.05, 3.63) is 90.8 Å². The van der Waals surface area contributed by atoms with Gasteiger partial charge < -0.3 is 9.30 Å². The zero-order chi connectivity index (χ0) is 21.0. The van der Waals surface area contributed by atoms with Crippen LogP contribution < -0.4 is 9.46 Å². The van der Waals surface area contributed by atoms with E-state index in [1.807, 2.05) is 35.2 Å². The molecular weight excluding hydrogens is 402 g/mol. The fourth-order valence-corrected chi connectivity index (χ4v) is 3.69. The highest BCUT2D eigenvalue weighted by atomic mass is 32.2. The number of sulfonamides is 1. The minimum atomic E-state index is -3.76. The number of benzene rings is 2. The summed E-state index contributed by atoms with van der Waals surface area (Å²) >= 11 is 0. The van der Waals surface area contributed by atoms with Gasteiger partial charge in [-0.25, -0.2) is 8.42 Å². The molecule has 148 valence electrons. The van der Waals surface area contributed by atoms with Gasteiger partial charge in [0.15, 0.2) is 5.82 Å². The SMILES string of the molecule is N#Cc1ccc(S(=O)(=O)Nc2ccc(Oc3ccc(-n4cccc4)nn3)cc2)cc1. The number of hydrogen-bond acceptors (Lipinski definition) is 6. The molecule has 2 aromatic heterocycles. The van der Waals surface area contributed by atoms with Gasteiger partial charge in [0.2, 0.25) is 5.88 Å². The molecule has 0 fully saturated rings. The summed E-state index contributed by atoms with van der Waals surface area (Å²) in [4.78, 5) is 0.0693. The van der Waals surface area contributed by atoms with E-state index in [1.54, 1.807) is 36.4 Å². The van der Waals surface area contributed by atoms with Crippen molar-refractivity contribution in [3.63, 3.8) is 0 Å². The minimum Gasteiger partial charge on any atom is -0.438 e. The second kappa shape index (κ2) is 8.06. The van der Waals surface area contributed by atoms with E-state index < -0.39 is 10.0 Å². The lowest BCUT2D eigenvalue weighted by atomic mass is 10.2. The van der Waals surface area contributed by atoms with Crippen molar-refractivity contribution < 1.29 is 13.2 Å². The summed E-state index contributed by atoms with van der Waals surface area (Å²) in [6.07, 6.45) is 3.73. The maximum atomic E-state index is 12.5. The first-order valence-corrected chi connectivity index (χ1v) is 10.3. The molecule has 9 heteroatoms. The van der Waals surface area contributed by atoms with Crippen LogP contribution >= 0.6 is 0 Å². The molecule has 4 rings (SSSR count). The van der Waals surface area contributed by atoms with Crippen molar-refractivity contribution in [2.45, 2.75) is 4.90 Å². The molecule has 0 radical (unpaired) electrons. The number of rotatable bonds is 6. The lowest BCUT2D eigenvalue weighted by Gasteiger charge is -2.09. The predicted molar refractivity (Wildman–Crippen MR) is 110 cm³/mol. The number of anilines is 1. The highest BCUT2D eigenvalue weighted by Gasteiger charge is 2.14. The molecule has 4 aromatic rings. The molecule has 0 atom stereocenters. The van der Waals surface area contributed by atoms with Gasteiger partial charge >= 0.3 is 0 Å². The van der Waals surface area contributed by atoms with Gasteiger partial charge in [0.05, 0.1) is 16.5 Å². The van der Waals surface area contributed by atoms with E-state index >= 15 is 0 Å². The lowest BCUT2D eigenvalue weighted by Crippen LogP contribution is -2.12. The summed E-state index contributed by atoms with van der Waals surface area (Å²) < 4.78 is 34.9. The molecule has 0 aliphatic rings. The molecule has 2 heterocycles. The van der Waals surface area contributed by atoms with E-state index in [4.69, 9.17) is 10.00 Å². The van der Waals surface area contributed by atoms with E-state index in [-0.39, 0.29) is 4.90 Å². The molecule has 2 aromatic carbocycles. The Bertz CT molecular complexity index is 1280. The first-order chi connectivity index (χ1) is 14.5. The predicted octanol–water partition coefficient (Wildman–Crippen LogP) is 3.73. The fraction of sp³-hybridized carbons (Fsp3) is 0. The van der Waals surface area contributed by atoms with Crippen molar-refractivity contribution in [1.82, 2.24) is 14.8 Å². The van der Waals surface area contributed by atoms with Crippen LogP contribution in [0.3, 0.4) is 0 Å². The molecule has 8 nitrogen and oxygen atoms in total. The standard InChI is InChI=1S/C21H15N5O3S/c22-15-16-3-9-19(10-4-16)30(27,28)25-17-5-7-18(8-6-17)29-21-12-11-20(23-24-21)26-13-1-2-14-26/h1-14,25H. The average Bonchev–Trinajstić information content (AvgIpc) is 3.30. The van der Waals surface area contributed by atoms with Crippen LogP contribution in [0.1, 0.15) is 5.56 Å². The van der Waals surface area contributed by atoms with Gasteiger partial charge in [-0.1, -0.05) is 0 Å². The van der Waals surface area contributed by atoms with E-state index in [0.717, 1.165) is 0 Å². The molecule has 0 aliphatic heterocycles. The fourth-order valence-electron chi connectivity index (χ4n) is 2.63. The Balaban J connectivity index is 1.43. The maximum absolute atomic E-state index is 12.5. The van der Waals surface area contributed by atoms with Crippen molar-refractivity contribution in [2.24, 2.45) is 0 Å². The quantitative estimate of drug-likeness (QED) is 0.512. The Morgan fingerprint density at radius 1 is 0.900 bits per heavy atom. The summed E-state index contributed by atoms with van der Waals surface area (Å²) in [5.74, 6) is 1.47. The normalized spacial score (nSPS) is 10.9. The summed E-state index contributed by atoms with van der Waals surface area (Å²) in [7, 11) is -3.76. The summed E-state index contributed by atoms with van der Waals surface area (Å²) in [5, 5.41) is 17.0. The van der Waals surface area contributed by atoms with Crippen LogP contribution in [0.15, 0.2) is 90.1 Å². The van der Waals surface area contributed by atoms with Crippen LogP contribution in [0.25, 0.3) is 5.82 Å². The highest BCUT2D eigenvalue weighted by molar-refractivity contribution is 7.92. The summed E-state index contributed by atoms with van der Waals surface area (Å²) in [5.41, 5.74) is 0.765. The monoisotopic (exact) mass is 417 g/mol. The molecule has 0 saturated heterocycles. The Kier molecular flexibility index (Phi) is 5.15. The number of hydrogen-bond donors (Lipinski definition) is 1. The van der Waals surface area contributed by atoms with Gasteiger partial charge in [-0.2, -0.15) is 5.26 Å². The van der Waals surface area contributed by atoms with Crippen molar-refractivity contribution in [2.75, 3.05) is 4.72 Å². The van der Waals surface area contributed by atoms with Crippen molar-refractivity contribution in [3.8, 4) is 23.5 Å². The highest BCUT2D eigenvalue weighted by Crippen LogP contribution is 2.23. The van der Waals surface area contributed by atoms with Crippen LogP contribution in [0.4, 0.5) is 5.69 Å². The molecular formula is C21H15N5O3S. The third-order valence-electron chi connectivity index (χ3n) is 4.12. The molecule has 1 N–H and O–H groups in total. The van der Waals surface area contributed by atoms with Crippen molar-refractivity contribution >= 4 is 15.7 Å². The largest absolute Gasteiger partial charge is 0.438 e. The van der Waals surface area contributed by atoms with Crippen molar-refractivity contribution in [1.29, 1.82) is 5.26 Å². The van der Waals surface area contributed by atoms with Crippen LogP contribution in [-0.2, 0) is 10.0 Å². The first kappa shape index (κ1) is 19.2. The first-order valence-electron chi connectivity index (χ1n) is 8.81. The van der Waals surface area contributed by atoms with Gasteiger partial charge in [-0.3, -0.25) is 4.72 Å². The number of nitrogens with zero attached hydrogens (tertiary/aromatic N) is 4. The summed E-state index contributed by atoms with van der Waals surface area (Å²) in [6, 6.07) is 21.3. The average molecular weight is 417 g/mol. The third kappa shape index (κ3) is 4.29. The Labute approximate surface area is 173 Å². The maximum Gasteiger partial charge on any atom is 0.261 e. The van der Waals surface area contributed by atoms with Crippen LogP contribution in [0.5, 0.6) is 11.6 Å². The van der Waals surface area contributed by atoms with Gasteiger partial charge in [0.1, 0.15) is 5.75 Å². The summed E-state index contributed by atoms with van der Waals surface area (Å²) in [6.45, 7) is 0. The van der Waals surface area contributed by atoms with E-state index in [9.17, 15) is 8.42 Å². The molecule has 0 amide bonds.